The number of nitrogens with one attached hydrogen (secondary N) is 2. The first kappa shape index (κ1) is 22.5. The fourth-order valence-corrected chi connectivity index (χ4v) is 5.05. The van der Waals surface area contributed by atoms with Crippen molar-refractivity contribution in [3.8, 4) is 11.5 Å². The Morgan fingerprint density at radius 2 is 1.74 bits per heavy atom. The Balaban J connectivity index is 1.09. The summed E-state index contributed by atoms with van der Waals surface area (Å²) in [6.45, 7) is 2.06. The number of nitrogens with zero attached hydrogens (tertiary/aromatic N) is 3. The quantitative estimate of drug-likeness (QED) is 0.604. The minimum absolute atomic E-state index is 0.0303. The van der Waals surface area contributed by atoms with Crippen LogP contribution >= 0.6 is 0 Å². The first-order valence-electron chi connectivity index (χ1n) is 11.8. The van der Waals surface area contributed by atoms with E-state index in [9.17, 15) is 19.2 Å². The summed E-state index contributed by atoms with van der Waals surface area (Å²) >= 11 is 0. The Hall–Kier alpha value is -3.34. The molecule has 1 saturated carbocycles. The topological polar surface area (TPSA) is 121 Å². The number of para-hydroxylation sites is 2. The largest absolute Gasteiger partial charge is 0.485 e. The van der Waals surface area contributed by atoms with Crippen molar-refractivity contribution in [2.75, 3.05) is 39.3 Å². The molecular formula is C23H29N5O6. The monoisotopic (exact) mass is 471 g/mol. The number of carbonyl (C=O) groups excluding carboxylic acids is 4. The molecule has 0 radical (unpaired) electrons. The van der Waals surface area contributed by atoms with Gasteiger partial charge in [-0.2, -0.15) is 5.01 Å². The van der Waals surface area contributed by atoms with Crippen molar-refractivity contribution in [1.29, 1.82) is 0 Å². The van der Waals surface area contributed by atoms with Crippen LogP contribution in [0.25, 0.3) is 0 Å². The lowest BCUT2D eigenvalue weighted by Gasteiger charge is -2.37. The van der Waals surface area contributed by atoms with Crippen molar-refractivity contribution >= 4 is 23.8 Å². The number of ether oxygens (including phenoxy) is 2. The molecule has 3 fully saturated rings. The predicted octanol–water partition coefficient (Wildman–Crippen LogP) is 0.257. The van der Waals surface area contributed by atoms with Crippen LogP contribution in [0.4, 0.5) is 4.79 Å². The van der Waals surface area contributed by atoms with Crippen LogP contribution in [0.15, 0.2) is 24.3 Å². The van der Waals surface area contributed by atoms with Crippen LogP contribution in [-0.2, 0) is 14.4 Å². The minimum Gasteiger partial charge on any atom is -0.485 e. The standard InChI is InChI=1S/C23H29N5O6/c29-19(25-28-21(31)23(24-22(28)32)8-4-1-5-9-23)14-26-10-12-27(13-11-26)20(30)18-15-33-16-6-2-3-7-17(16)34-18/h2-3,6-7,18H,1,4-5,8-15H2,(H,24,32)(H,25,29). The molecule has 34 heavy (non-hydrogen) atoms. The van der Waals surface area contributed by atoms with Gasteiger partial charge in [0.25, 0.3) is 17.7 Å². The normalized spacial score (nSPS) is 24.2. The van der Waals surface area contributed by atoms with E-state index in [0.717, 1.165) is 24.3 Å². The maximum absolute atomic E-state index is 12.9. The average Bonchev–Trinajstić information content (AvgIpc) is 3.07. The number of piperazine rings is 1. The van der Waals surface area contributed by atoms with E-state index in [1.165, 1.54) is 0 Å². The second-order valence-corrected chi connectivity index (χ2v) is 9.21. The second kappa shape index (κ2) is 9.13. The van der Waals surface area contributed by atoms with Gasteiger partial charge in [0.1, 0.15) is 12.1 Å². The summed E-state index contributed by atoms with van der Waals surface area (Å²) < 4.78 is 11.5. The Morgan fingerprint density at radius 1 is 1.03 bits per heavy atom. The fraction of sp³-hybridized carbons (Fsp3) is 0.565. The number of carbonyl (C=O) groups is 4. The Morgan fingerprint density at radius 3 is 2.47 bits per heavy atom. The van der Waals surface area contributed by atoms with Crippen LogP contribution < -0.4 is 20.2 Å². The SMILES string of the molecule is O=C(CN1CCN(C(=O)C2COc3ccccc3O2)CC1)NN1C(=O)NC2(CCCCC2)C1=O. The highest BCUT2D eigenvalue weighted by atomic mass is 16.6. The molecule has 4 aliphatic rings. The lowest BCUT2D eigenvalue weighted by molar-refractivity contribution is -0.144. The predicted molar refractivity (Wildman–Crippen MR) is 119 cm³/mol. The van der Waals surface area contributed by atoms with Crippen molar-refractivity contribution in [1.82, 2.24) is 25.6 Å². The van der Waals surface area contributed by atoms with Gasteiger partial charge in [0.15, 0.2) is 11.5 Å². The van der Waals surface area contributed by atoms with Crippen LogP contribution in [0.1, 0.15) is 32.1 Å². The molecule has 1 spiro atoms. The molecule has 0 bridgehead atoms. The van der Waals surface area contributed by atoms with Gasteiger partial charge in [-0.3, -0.25) is 24.7 Å². The lowest BCUT2D eigenvalue weighted by atomic mass is 9.82. The number of fused-ring (bicyclic) bond motifs is 1. The maximum Gasteiger partial charge on any atom is 0.344 e. The molecular weight excluding hydrogens is 442 g/mol. The molecule has 0 aromatic heterocycles. The van der Waals surface area contributed by atoms with Crippen molar-refractivity contribution in [3.63, 3.8) is 0 Å². The summed E-state index contributed by atoms with van der Waals surface area (Å²) in [7, 11) is 0. The van der Waals surface area contributed by atoms with Crippen LogP contribution in [0.2, 0.25) is 0 Å². The summed E-state index contributed by atoms with van der Waals surface area (Å²) in [5.74, 6) is 0.226. The number of hydrogen-bond donors (Lipinski definition) is 2. The molecule has 2 saturated heterocycles. The summed E-state index contributed by atoms with van der Waals surface area (Å²) in [6.07, 6.45) is 3.29. The third kappa shape index (κ3) is 4.27. The molecule has 182 valence electrons. The van der Waals surface area contributed by atoms with Gasteiger partial charge in [-0.25, -0.2) is 4.79 Å². The van der Waals surface area contributed by atoms with E-state index in [0.29, 0.717) is 50.5 Å². The van der Waals surface area contributed by atoms with Crippen LogP contribution in [0.3, 0.4) is 0 Å². The zero-order valence-electron chi connectivity index (χ0n) is 19.0. The zero-order valence-corrected chi connectivity index (χ0v) is 19.0. The Labute approximate surface area is 197 Å². The number of imide groups is 1. The van der Waals surface area contributed by atoms with E-state index in [-0.39, 0.29) is 25.0 Å². The highest BCUT2D eigenvalue weighted by Gasteiger charge is 2.52. The van der Waals surface area contributed by atoms with Crippen LogP contribution in [-0.4, -0.2) is 89.5 Å². The zero-order chi connectivity index (χ0) is 23.7. The van der Waals surface area contributed by atoms with E-state index in [1.807, 2.05) is 17.0 Å². The average molecular weight is 472 g/mol. The molecule has 3 heterocycles. The molecule has 1 aromatic rings. The molecule has 5 rings (SSSR count). The number of hydrogen-bond acceptors (Lipinski definition) is 7. The highest BCUT2D eigenvalue weighted by Crippen LogP contribution is 2.33. The first-order chi connectivity index (χ1) is 16.4. The van der Waals surface area contributed by atoms with Crippen LogP contribution in [0, 0.1) is 0 Å². The molecule has 11 heteroatoms. The molecule has 1 aliphatic carbocycles. The lowest BCUT2D eigenvalue weighted by Crippen LogP contribution is -2.56. The first-order valence-corrected chi connectivity index (χ1v) is 11.8. The summed E-state index contributed by atoms with van der Waals surface area (Å²) in [6, 6.07) is 6.67. The number of urea groups is 1. The van der Waals surface area contributed by atoms with Crippen molar-refractivity contribution in [2.45, 2.75) is 43.7 Å². The van der Waals surface area contributed by atoms with Crippen molar-refractivity contribution < 1.29 is 28.7 Å². The van der Waals surface area contributed by atoms with Gasteiger partial charge in [0, 0.05) is 26.2 Å². The summed E-state index contributed by atoms with van der Waals surface area (Å²) in [5, 5.41) is 3.60. The number of benzene rings is 1. The molecule has 3 aliphatic heterocycles. The Bertz CT molecular complexity index is 986. The number of amides is 5. The van der Waals surface area contributed by atoms with Gasteiger partial charge in [-0.05, 0) is 25.0 Å². The maximum atomic E-state index is 12.9. The highest BCUT2D eigenvalue weighted by molar-refractivity contribution is 6.08. The van der Waals surface area contributed by atoms with Crippen LogP contribution in [0.5, 0.6) is 11.5 Å². The van der Waals surface area contributed by atoms with Crippen molar-refractivity contribution in [3.05, 3.63) is 24.3 Å². The van der Waals surface area contributed by atoms with Gasteiger partial charge in [-0.1, -0.05) is 31.4 Å². The third-order valence-electron chi connectivity index (χ3n) is 6.94. The van der Waals surface area contributed by atoms with E-state index < -0.39 is 23.6 Å². The van der Waals surface area contributed by atoms with E-state index in [1.54, 1.807) is 17.0 Å². The molecule has 5 amide bonds. The number of hydrazine groups is 1. The van der Waals surface area contributed by atoms with Gasteiger partial charge in [-0.15, -0.1) is 0 Å². The summed E-state index contributed by atoms with van der Waals surface area (Å²) in [4.78, 5) is 54.2. The smallest absolute Gasteiger partial charge is 0.344 e. The summed E-state index contributed by atoms with van der Waals surface area (Å²) in [5.41, 5.74) is 1.59. The van der Waals surface area contributed by atoms with E-state index in [2.05, 4.69) is 10.7 Å². The molecule has 2 N–H and O–H groups in total. The minimum atomic E-state index is -0.875. The number of rotatable bonds is 4. The van der Waals surface area contributed by atoms with Gasteiger partial charge < -0.3 is 19.7 Å². The second-order valence-electron chi connectivity index (χ2n) is 9.21. The Kier molecular flexibility index (Phi) is 6.03. The molecule has 1 aromatic carbocycles. The van der Waals surface area contributed by atoms with Gasteiger partial charge in [0.05, 0.1) is 6.54 Å². The molecule has 1 unspecified atom stereocenters. The molecule has 11 nitrogen and oxygen atoms in total. The third-order valence-corrected chi connectivity index (χ3v) is 6.94. The van der Waals surface area contributed by atoms with Gasteiger partial charge >= 0.3 is 6.03 Å². The van der Waals surface area contributed by atoms with Crippen molar-refractivity contribution in [2.24, 2.45) is 0 Å². The van der Waals surface area contributed by atoms with Gasteiger partial charge in [0.2, 0.25) is 6.10 Å². The van der Waals surface area contributed by atoms with E-state index in [4.69, 9.17) is 9.47 Å². The van der Waals surface area contributed by atoms with E-state index >= 15 is 0 Å². The fourth-order valence-electron chi connectivity index (χ4n) is 5.05. The molecule has 1 atom stereocenters.